The van der Waals surface area contributed by atoms with Crippen LogP contribution in [-0.4, -0.2) is 40.3 Å². The first kappa shape index (κ1) is 20.3. The molecule has 0 aliphatic heterocycles. The van der Waals surface area contributed by atoms with Gasteiger partial charge >= 0.3 is 0 Å². The molecule has 2 saturated carbocycles. The Hall–Kier alpha value is -2.03. The zero-order valence-corrected chi connectivity index (χ0v) is 17.4. The highest BCUT2D eigenvalue weighted by atomic mass is 35.5. The van der Waals surface area contributed by atoms with Gasteiger partial charge < -0.3 is 5.11 Å². The highest BCUT2D eigenvalue weighted by molar-refractivity contribution is 7.92. The summed E-state index contributed by atoms with van der Waals surface area (Å²) in [6.45, 7) is 1.81. The molecule has 29 heavy (non-hydrogen) atoms. The first-order chi connectivity index (χ1) is 13.7. The quantitative estimate of drug-likeness (QED) is 0.763. The SMILES string of the molecule is CC1(O)C2CCC1CC(S(=O)(=O)c1cc(C(=O)Nc3ncccn3)ccc1Cl)C2. The fourth-order valence-corrected chi connectivity index (χ4v) is 7.00. The van der Waals surface area contributed by atoms with Crippen LogP contribution in [0, 0.1) is 11.8 Å². The van der Waals surface area contributed by atoms with E-state index in [1.807, 2.05) is 6.92 Å². The molecule has 0 radical (unpaired) electrons. The van der Waals surface area contributed by atoms with Gasteiger partial charge in [0.25, 0.3) is 5.91 Å². The highest BCUT2D eigenvalue weighted by Crippen LogP contribution is 2.51. The van der Waals surface area contributed by atoms with Gasteiger partial charge in [-0.3, -0.25) is 10.1 Å². The third-order valence-electron chi connectivity index (χ3n) is 6.34. The summed E-state index contributed by atoms with van der Waals surface area (Å²) in [5, 5.41) is 12.7. The monoisotopic (exact) mass is 435 g/mol. The maximum Gasteiger partial charge on any atom is 0.258 e. The number of benzene rings is 1. The van der Waals surface area contributed by atoms with Crippen LogP contribution in [-0.2, 0) is 9.84 Å². The third-order valence-corrected chi connectivity index (χ3v) is 9.00. The predicted molar refractivity (Wildman–Crippen MR) is 108 cm³/mol. The van der Waals surface area contributed by atoms with Crippen molar-refractivity contribution in [1.82, 2.24) is 9.97 Å². The Bertz CT molecular complexity index is 1030. The summed E-state index contributed by atoms with van der Waals surface area (Å²) in [6.07, 6.45) is 5.44. The Morgan fingerprint density at radius 2 is 1.83 bits per heavy atom. The van der Waals surface area contributed by atoms with Crippen molar-refractivity contribution < 1.29 is 18.3 Å². The van der Waals surface area contributed by atoms with Gasteiger partial charge in [0.15, 0.2) is 9.84 Å². The second-order valence-corrected chi connectivity index (χ2v) is 10.6. The van der Waals surface area contributed by atoms with Crippen molar-refractivity contribution >= 4 is 33.3 Å². The zero-order chi connectivity index (χ0) is 20.8. The number of nitrogens with zero attached hydrogens (tertiary/aromatic N) is 2. The van der Waals surface area contributed by atoms with E-state index in [1.165, 1.54) is 30.6 Å². The van der Waals surface area contributed by atoms with Crippen molar-refractivity contribution in [3.63, 3.8) is 0 Å². The lowest BCUT2D eigenvalue weighted by Crippen LogP contribution is -2.45. The molecule has 7 nitrogen and oxygen atoms in total. The van der Waals surface area contributed by atoms with Crippen LogP contribution in [0.15, 0.2) is 41.6 Å². The normalized spacial score (nSPS) is 28.9. The van der Waals surface area contributed by atoms with Gasteiger partial charge in [-0.2, -0.15) is 0 Å². The summed E-state index contributed by atoms with van der Waals surface area (Å²) < 4.78 is 26.7. The standard InChI is InChI=1S/C20H22ClN3O4S/c1-20(26)13-4-5-14(20)11-15(10-13)29(27,28)17-9-12(3-6-16(17)21)18(25)24-19-22-7-2-8-23-19/h2-3,6-9,13-15,26H,4-5,10-11H2,1H3,(H,22,23,24,25). The van der Waals surface area contributed by atoms with E-state index < -0.39 is 26.6 Å². The van der Waals surface area contributed by atoms with Gasteiger partial charge in [0.1, 0.15) is 0 Å². The third kappa shape index (κ3) is 3.65. The number of fused-ring (bicyclic) bond motifs is 2. The van der Waals surface area contributed by atoms with Gasteiger partial charge in [-0.1, -0.05) is 11.6 Å². The Balaban J connectivity index is 1.61. The maximum absolute atomic E-state index is 13.3. The van der Waals surface area contributed by atoms with E-state index in [-0.39, 0.29) is 33.3 Å². The number of hydrogen-bond donors (Lipinski definition) is 2. The Morgan fingerprint density at radius 3 is 2.45 bits per heavy atom. The molecular weight excluding hydrogens is 414 g/mol. The summed E-state index contributed by atoms with van der Waals surface area (Å²) in [4.78, 5) is 20.3. The van der Waals surface area contributed by atoms with Crippen LogP contribution in [0.4, 0.5) is 5.95 Å². The summed E-state index contributed by atoms with van der Waals surface area (Å²) in [6, 6.07) is 5.82. The molecule has 4 rings (SSSR count). The molecule has 0 saturated heterocycles. The molecule has 9 heteroatoms. The number of amides is 1. The van der Waals surface area contributed by atoms with Crippen LogP contribution in [0.25, 0.3) is 0 Å². The smallest absolute Gasteiger partial charge is 0.258 e. The van der Waals surface area contributed by atoms with Crippen molar-refractivity contribution in [3.8, 4) is 0 Å². The topological polar surface area (TPSA) is 109 Å². The summed E-state index contributed by atoms with van der Waals surface area (Å²) >= 11 is 6.22. The number of aromatic nitrogens is 2. The molecule has 2 unspecified atom stereocenters. The van der Waals surface area contributed by atoms with E-state index in [9.17, 15) is 18.3 Å². The van der Waals surface area contributed by atoms with Crippen molar-refractivity contribution in [2.75, 3.05) is 5.32 Å². The molecule has 2 atom stereocenters. The number of aliphatic hydroxyl groups is 1. The van der Waals surface area contributed by atoms with Crippen molar-refractivity contribution in [1.29, 1.82) is 0 Å². The van der Waals surface area contributed by atoms with Gasteiger partial charge in [0.05, 0.1) is 20.8 Å². The van der Waals surface area contributed by atoms with E-state index in [0.29, 0.717) is 12.8 Å². The number of nitrogens with one attached hydrogen (secondary N) is 1. The predicted octanol–water partition coefficient (Wildman–Crippen LogP) is 3.10. The number of halogens is 1. The van der Waals surface area contributed by atoms with Gasteiger partial charge in [-0.25, -0.2) is 18.4 Å². The number of sulfone groups is 1. The Morgan fingerprint density at radius 1 is 1.21 bits per heavy atom. The molecule has 154 valence electrons. The lowest BCUT2D eigenvalue weighted by Gasteiger charge is -2.40. The minimum atomic E-state index is -3.75. The van der Waals surface area contributed by atoms with Gasteiger partial charge in [-0.05, 0) is 68.7 Å². The average Bonchev–Trinajstić information content (AvgIpc) is 2.86. The second-order valence-electron chi connectivity index (χ2n) is 8.01. The van der Waals surface area contributed by atoms with E-state index in [2.05, 4.69) is 15.3 Å². The summed E-state index contributed by atoms with van der Waals surface area (Å²) in [5.74, 6) is -0.470. The first-order valence-electron chi connectivity index (χ1n) is 9.54. The molecule has 2 aliphatic rings. The van der Waals surface area contributed by atoms with E-state index >= 15 is 0 Å². The first-order valence-corrected chi connectivity index (χ1v) is 11.5. The minimum absolute atomic E-state index is 0.0403. The fraction of sp³-hybridized carbons (Fsp3) is 0.450. The fourth-order valence-electron chi connectivity index (χ4n) is 4.60. The number of carbonyl (C=O) groups is 1. The second kappa shape index (κ2) is 7.34. The molecular formula is C20H22ClN3O4S. The van der Waals surface area contributed by atoms with Crippen molar-refractivity contribution in [2.24, 2.45) is 11.8 Å². The molecule has 2 aromatic rings. The van der Waals surface area contributed by atoms with Gasteiger partial charge in [0, 0.05) is 18.0 Å². The molecule has 2 fully saturated rings. The van der Waals surface area contributed by atoms with Crippen molar-refractivity contribution in [2.45, 2.75) is 48.4 Å². The van der Waals surface area contributed by atoms with Crippen LogP contribution in [0.3, 0.4) is 0 Å². The van der Waals surface area contributed by atoms with Crippen LogP contribution in [0.1, 0.15) is 43.0 Å². The van der Waals surface area contributed by atoms with E-state index in [4.69, 9.17) is 11.6 Å². The van der Waals surface area contributed by atoms with Crippen LogP contribution < -0.4 is 5.32 Å². The Labute approximate surface area is 174 Å². The van der Waals surface area contributed by atoms with Crippen LogP contribution in [0.5, 0.6) is 0 Å². The molecule has 2 N–H and O–H groups in total. The lowest BCUT2D eigenvalue weighted by molar-refractivity contribution is -0.0413. The van der Waals surface area contributed by atoms with Gasteiger partial charge in [0.2, 0.25) is 5.95 Å². The number of anilines is 1. The summed E-state index contributed by atoms with van der Waals surface area (Å²) in [7, 11) is -3.75. The minimum Gasteiger partial charge on any atom is -0.390 e. The molecule has 2 aliphatic carbocycles. The molecule has 1 heterocycles. The Kier molecular flexibility index (Phi) is 5.13. The van der Waals surface area contributed by atoms with Gasteiger partial charge in [-0.15, -0.1) is 0 Å². The maximum atomic E-state index is 13.3. The zero-order valence-electron chi connectivity index (χ0n) is 15.9. The lowest BCUT2D eigenvalue weighted by atomic mass is 9.76. The van der Waals surface area contributed by atoms with E-state index in [0.717, 1.165) is 12.8 Å². The summed E-state index contributed by atoms with van der Waals surface area (Å²) in [5.41, 5.74) is -0.654. The molecule has 2 bridgehead atoms. The van der Waals surface area contributed by atoms with Crippen LogP contribution in [0.2, 0.25) is 5.02 Å². The van der Waals surface area contributed by atoms with E-state index in [1.54, 1.807) is 6.07 Å². The molecule has 1 aromatic heterocycles. The highest BCUT2D eigenvalue weighted by Gasteiger charge is 2.53. The number of carbonyl (C=O) groups excluding carboxylic acids is 1. The molecule has 0 spiro atoms. The van der Waals surface area contributed by atoms with Crippen LogP contribution >= 0.6 is 11.6 Å². The molecule has 1 aromatic carbocycles. The molecule has 1 amide bonds. The van der Waals surface area contributed by atoms with Crippen molar-refractivity contribution in [3.05, 3.63) is 47.2 Å². The largest absolute Gasteiger partial charge is 0.390 e. The number of rotatable bonds is 4. The number of hydrogen-bond acceptors (Lipinski definition) is 6. The average molecular weight is 436 g/mol.